The van der Waals surface area contributed by atoms with Gasteiger partial charge in [0.1, 0.15) is 0 Å². The largest absolute Gasteiger partial charge is 0.409 e. The van der Waals surface area contributed by atoms with Crippen LogP contribution in [0.1, 0.15) is 13.3 Å². The molecule has 17 heavy (non-hydrogen) atoms. The van der Waals surface area contributed by atoms with Crippen LogP contribution in [0, 0.1) is 0 Å². The van der Waals surface area contributed by atoms with Gasteiger partial charge in [0.15, 0.2) is 10.9 Å². The number of hydrogen-bond donors (Lipinski definition) is 3. The maximum atomic E-state index is 12.1. The van der Waals surface area contributed by atoms with Gasteiger partial charge in [-0.15, -0.1) is 0 Å². The summed E-state index contributed by atoms with van der Waals surface area (Å²) >= 11 is 0. The molecule has 0 saturated heterocycles. The van der Waals surface area contributed by atoms with E-state index in [0.717, 1.165) is 4.31 Å². The van der Waals surface area contributed by atoms with Crippen molar-refractivity contribution in [3.8, 4) is 0 Å². The van der Waals surface area contributed by atoms with Crippen molar-refractivity contribution in [1.29, 1.82) is 0 Å². The van der Waals surface area contributed by atoms with E-state index in [9.17, 15) is 8.42 Å². The first-order valence-corrected chi connectivity index (χ1v) is 6.41. The van der Waals surface area contributed by atoms with Crippen molar-refractivity contribution in [2.75, 3.05) is 13.1 Å². The second-order valence-corrected chi connectivity index (χ2v) is 5.25. The number of nitrogens with one attached hydrogen (secondary N) is 1. The molecular weight excluding hydrogens is 246 g/mol. The third kappa shape index (κ3) is 3.17. The first-order chi connectivity index (χ1) is 8.02. The predicted octanol–water partition coefficient (Wildman–Crippen LogP) is -0.443. The van der Waals surface area contributed by atoms with Crippen LogP contribution in [0.15, 0.2) is 22.7 Å². The minimum absolute atomic E-state index is 0.0170. The van der Waals surface area contributed by atoms with Gasteiger partial charge in [0, 0.05) is 6.54 Å². The van der Waals surface area contributed by atoms with Crippen molar-refractivity contribution in [3.05, 3.63) is 12.5 Å². The molecule has 0 spiro atoms. The van der Waals surface area contributed by atoms with Gasteiger partial charge in [0.2, 0.25) is 0 Å². The highest BCUT2D eigenvalue weighted by molar-refractivity contribution is 7.89. The lowest BCUT2D eigenvalue weighted by Crippen LogP contribution is -2.39. The molecule has 0 aliphatic heterocycles. The van der Waals surface area contributed by atoms with E-state index >= 15 is 0 Å². The monoisotopic (exact) mass is 261 g/mol. The Hall–Kier alpha value is -1.61. The normalized spacial score (nSPS) is 13.2. The molecule has 0 saturated carbocycles. The van der Waals surface area contributed by atoms with Gasteiger partial charge in [-0.05, 0) is 6.42 Å². The van der Waals surface area contributed by atoms with Gasteiger partial charge in [0.05, 0.1) is 19.1 Å². The first kappa shape index (κ1) is 13.5. The van der Waals surface area contributed by atoms with Crippen molar-refractivity contribution in [2.45, 2.75) is 18.4 Å². The van der Waals surface area contributed by atoms with E-state index in [2.05, 4.69) is 15.1 Å². The SMILES string of the molecule is CCCN(CC(N)=NO)S(=O)(=O)c1cnc[nH]1. The van der Waals surface area contributed by atoms with Crippen molar-refractivity contribution >= 4 is 15.9 Å². The van der Waals surface area contributed by atoms with Crippen LogP contribution in [-0.4, -0.2) is 46.8 Å². The molecule has 1 rings (SSSR count). The van der Waals surface area contributed by atoms with Crippen molar-refractivity contribution in [2.24, 2.45) is 10.9 Å². The van der Waals surface area contributed by atoms with Crippen LogP contribution in [0.3, 0.4) is 0 Å². The molecule has 1 heterocycles. The molecule has 0 aliphatic rings. The van der Waals surface area contributed by atoms with Gasteiger partial charge < -0.3 is 15.9 Å². The third-order valence-corrected chi connectivity index (χ3v) is 3.80. The summed E-state index contributed by atoms with van der Waals surface area (Å²) in [5.41, 5.74) is 5.32. The van der Waals surface area contributed by atoms with Crippen LogP contribution >= 0.6 is 0 Å². The lowest BCUT2D eigenvalue weighted by Gasteiger charge is -2.19. The lowest BCUT2D eigenvalue weighted by molar-refractivity contribution is 0.314. The smallest absolute Gasteiger partial charge is 0.260 e. The summed E-state index contributed by atoms with van der Waals surface area (Å²) in [5.74, 6) is -0.165. The molecule has 0 radical (unpaired) electrons. The molecule has 8 nitrogen and oxygen atoms in total. The van der Waals surface area contributed by atoms with E-state index in [0.29, 0.717) is 6.42 Å². The molecule has 0 unspecified atom stereocenters. The number of imidazole rings is 1. The highest BCUT2D eigenvalue weighted by Crippen LogP contribution is 2.12. The van der Waals surface area contributed by atoms with Crippen LogP contribution in [0.2, 0.25) is 0 Å². The van der Waals surface area contributed by atoms with Gasteiger partial charge in [-0.3, -0.25) is 0 Å². The molecule has 0 bridgehead atoms. The lowest BCUT2D eigenvalue weighted by atomic mass is 10.4. The average Bonchev–Trinajstić information content (AvgIpc) is 2.82. The average molecular weight is 261 g/mol. The zero-order valence-corrected chi connectivity index (χ0v) is 10.2. The molecule has 0 amide bonds. The summed E-state index contributed by atoms with van der Waals surface area (Å²) < 4.78 is 25.3. The molecule has 0 atom stereocenters. The third-order valence-electron chi connectivity index (χ3n) is 2.03. The molecular formula is C8H15N5O3S. The van der Waals surface area contributed by atoms with E-state index in [1.54, 1.807) is 0 Å². The van der Waals surface area contributed by atoms with Gasteiger partial charge in [-0.2, -0.15) is 4.31 Å². The van der Waals surface area contributed by atoms with Gasteiger partial charge in [0.25, 0.3) is 10.0 Å². The molecule has 0 aliphatic carbocycles. The minimum Gasteiger partial charge on any atom is -0.409 e. The molecule has 0 fully saturated rings. The Bertz CT molecular complexity index is 467. The Morgan fingerprint density at radius 2 is 2.41 bits per heavy atom. The minimum atomic E-state index is -3.68. The number of rotatable bonds is 6. The summed E-state index contributed by atoms with van der Waals surface area (Å²) in [4.78, 5) is 6.18. The predicted molar refractivity (Wildman–Crippen MR) is 61.0 cm³/mol. The van der Waals surface area contributed by atoms with Gasteiger partial charge in [-0.1, -0.05) is 12.1 Å². The number of aromatic amines is 1. The topological polar surface area (TPSA) is 125 Å². The maximum absolute atomic E-state index is 12.1. The Balaban J connectivity index is 2.98. The number of sulfonamides is 1. The standard InChI is InChI=1S/C8H15N5O3S/c1-2-3-13(5-7(9)12-14)17(15,16)8-4-10-6-11-8/h4,6,14H,2-3,5H2,1H3,(H2,9,12)(H,10,11). The number of aromatic nitrogens is 2. The van der Waals surface area contributed by atoms with E-state index in [4.69, 9.17) is 10.9 Å². The number of hydrogen-bond acceptors (Lipinski definition) is 5. The number of amidine groups is 1. The highest BCUT2D eigenvalue weighted by atomic mass is 32.2. The molecule has 96 valence electrons. The van der Waals surface area contributed by atoms with E-state index in [1.807, 2.05) is 6.92 Å². The van der Waals surface area contributed by atoms with Crippen molar-refractivity contribution < 1.29 is 13.6 Å². The van der Waals surface area contributed by atoms with E-state index < -0.39 is 10.0 Å². The molecule has 1 aromatic rings. The Kier molecular flexibility index (Phi) is 4.46. The molecule has 9 heteroatoms. The fourth-order valence-electron chi connectivity index (χ4n) is 1.27. The number of oxime groups is 1. The van der Waals surface area contributed by atoms with Crippen LogP contribution in [0.4, 0.5) is 0 Å². The van der Waals surface area contributed by atoms with Crippen molar-refractivity contribution in [3.63, 3.8) is 0 Å². The zero-order valence-electron chi connectivity index (χ0n) is 9.37. The van der Waals surface area contributed by atoms with E-state index in [1.165, 1.54) is 12.5 Å². The van der Waals surface area contributed by atoms with Crippen LogP contribution < -0.4 is 5.73 Å². The molecule has 1 aromatic heterocycles. The van der Waals surface area contributed by atoms with Crippen LogP contribution in [0.5, 0.6) is 0 Å². The Morgan fingerprint density at radius 1 is 1.71 bits per heavy atom. The molecule has 4 N–H and O–H groups in total. The second kappa shape index (κ2) is 5.64. The van der Waals surface area contributed by atoms with Crippen LogP contribution in [0.25, 0.3) is 0 Å². The number of nitrogens with two attached hydrogens (primary N) is 1. The summed E-state index contributed by atoms with van der Waals surface area (Å²) in [5, 5.41) is 11.2. The van der Waals surface area contributed by atoms with E-state index in [-0.39, 0.29) is 24.0 Å². The van der Waals surface area contributed by atoms with Crippen LogP contribution in [-0.2, 0) is 10.0 Å². The number of H-pyrrole nitrogens is 1. The molecule has 0 aromatic carbocycles. The van der Waals surface area contributed by atoms with Crippen molar-refractivity contribution in [1.82, 2.24) is 14.3 Å². The summed E-state index contributed by atoms with van der Waals surface area (Å²) in [7, 11) is -3.68. The summed E-state index contributed by atoms with van der Waals surface area (Å²) in [6, 6.07) is 0. The fourth-order valence-corrected chi connectivity index (χ4v) is 2.67. The Morgan fingerprint density at radius 3 is 2.88 bits per heavy atom. The Labute approximate surface area is 99.2 Å². The number of nitrogens with zero attached hydrogens (tertiary/aromatic N) is 3. The van der Waals surface area contributed by atoms with Gasteiger partial charge in [-0.25, -0.2) is 13.4 Å². The summed E-state index contributed by atoms with van der Waals surface area (Å²) in [6.45, 7) is 1.95. The quantitative estimate of drug-likeness (QED) is 0.277. The second-order valence-electron chi connectivity index (χ2n) is 3.35. The highest BCUT2D eigenvalue weighted by Gasteiger charge is 2.25. The van der Waals surface area contributed by atoms with Gasteiger partial charge >= 0.3 is 0 Å². The summed E-state index contributed by atoms with van der Waals surface area (Å²) in [6.07, 6.45) is 3.11. The maximum Gasteiger partial charge on any atom is 0.260 e. The first-order valence-electron chi connectivity index (χ1n) is 4.97. The zero-order chi connectivity index (χ0) is 12.9. The fraction of sp³-hybridized carbons (Fsp3) is 0.500.